The lowest BCUT2D eigenvalue weighted by molar-refractivity contribution is -0.152. The summed E-state index contributed by atoms with van der Waals surface area (Å²) in [5.74, 6) is -0.781. The van der Waals surface area contributed by atoms with E-state index in [4.69, 9.17) is 9.47 Å². The Kier molecular flexibility index (Phi) is 8.87. The van der Waals surface area contributed by atoms with Crippen LogP contribution in [0.1, 0.15) is 25.0 Å². The van der Waals surface area contributed by atoms with E-state index in [9.17, 15) is 14.4 Å². The average Bonchev–Trinajstić information content (AvgIpc) is 2.75. The van der Waals surface area contributed by atoms with Crippen LogP contribution in [-0.4, -0.2) is 37.5 Å². The standard InChI is InChI=1S/C23H28N2O5/c1-16(2)22(25-20(26)13-17-7-5-4-6-8-17)23(28)30-15-21(27)24-14-18-9-11-19(29-3)12-10-18/h4-12,16,22H,13-15H2,1-3H3,(H,24,27)(H,25,26). The van der Waals surface area contributed by atoms with Gasteiger partial charge in [0.15, 0.2) is 6.61 Å². The first kappa shape index (κ1) is 22.9. The van der Waals surface area contributed by atoms with E-state index < -0.39 is 24.5 Å². The highest BCUT2D eigenvalue weighted by Gasteiger charge is 2.26. The highest BCUT2D eigenvalue weighted by atomic mass is 16.5. The molecule has 2 N–H and O–H groups in total. The second-order valence-corrected chi connectivity index (χ2v) is 7.18. The number of hydrogen-bond acceptors (Lipinski definition) is 5. The molecule has 1 unspecified atom stereocenters. The molecule has 7 nitrogen and oxygen atoms in total. The van der Waals surface area contributed by atoms with Crippen LogP contribution in [0.5, 0.6) is 5.75 Å². The van der Waals surface area contributed by atoms with E-state index in [-0.39, 0.29) is 18.2 Å². The van der Waals surface area contributed by atoms with Crippen LogP contribution in [-0.2, 0) is 32.1 Å². The summed E-state index contributed by atoms with van der Waals surface area (Å²) < 4.78 is 10.2. The van der Waals surface area contributed by atoms with Gasteiger partial charge in [0, 0.05) is 6.54 Å². The largest absolute Gasteiger partial charge is 0.497 e. The summed E-state index contributed by atoms with van der Waals surface area (Å²) in [6.45, 7) is 3.51. The molecule has 0 aliphatic rings. The minimum Gasteiger partial charge on any atom is -0.497 e. The monoisotopic (exact) mass is 412 g/mol. The summed E-state index contributed by atoms with van der Waals surface area (Å²) in [6, 6.07) is 15.7. The number of ether oxygens (including phenoxy) is 2. The lowest BCUT2D eigenvalue weighted by Crippen LogP contribution is -2.46. The SMILES string of the molecule is COc1ccc(CNC(=O)COC(=O)C(NC(=O)Cc2ccccc2)C(C)C)cc1. The maximum atomic E-state index is 12.4. The van der Waals surface area contributed by atoms with Crippen molar-refractivity contribution in [3.05, 3.63) is 65.7 Å². The van der Waals surface area contributed by atoms with Crippen molar-refractivity contribution in [2.75, 3.05) is 13.7 Å². The molecule has 7 heteroatoms. The Balaban J connectivity index is 1.79. The number of rotatable bonds is 10. The number of esters is 1. The molecule has 2 amide bonds. The highest BCUT2D eigenvalue weighted by Crippen LogP contribution is 2.11. The summed E-state index contributed by atoms with van der Waals surface area (Å²) >= 11 is 0. The van der Waals surface area contributed by atoms with Crippen molar-refractivity contribution in [2.45, 2.75) is 32.9 Å². The Morgan fingerprint density at radius 1 is 0.900 bits per heavy atom. The molecule has 0 saturated heterocycles. The number of methoxy groups -OCH3 is 1. The Hall–Kier alpha value is -3.35. The third-order valence-corrected chi connectivity index (χ3v) is 4.44. The zero-order chi connectivity index (χ0) is 21.9. The van der Waals surface area contributed by atoms with E-state index in [0.717, 1.165) is 16.9 Å². The second kappa shape index (κ2) is 11.6. The molecule has 2 aromatic rings. The topological polar surface area (TPSA) is 93.7 Å². The van der Waals surface area contributed by atoms with Crippen LogP contribution in [0.2, 0.25) is 0 Å². The lowest BCUT2D eigenvalue weighted by Gasteiger charge is -2.20. The molecule has 30 heavy (non-hydrogen) atoms. The number of amides is 2. The van der Waals surface area contributed by atoms with Gasteiger partial charge in [0.2, 0.25) is 5.91 Å². The van der Waals surface area contributed by atoms with Crippen LogP contribution in [0.4, 0.5) is 0 Å². The average molecular weight is 412 g/mol. The molecule has 0 spiro atoms. The van der Waals surface area contributed by atoms with Crippen molar-refractivity contribution in [3.8, 4) is 5.75 Å². The van der Waals surface area contributed by atoms with Crippen molar-refractivity contribution in [2.24, 2.45) is 5.92 Å². The summed E-state index contributed by atoms with van der Waals surface area (Å²) in [5, 5.41) is 5.39. The van der Waals surface area contributed by atoms with Crippen molar-refractivity contribution in [3.63, 3.8) is 0 Å². The van der Waals surface area contributed by atoms with Crippen LogP contribution in [0.15, 0.2) is 54.6 Å². The van der Waals surface area contributed by atoms with Gasteiger partial charge in [-0.3, -0.25) is 9.59 Å². The number of hydrogen-bond donors (Lipinski definition) is 2. The number of nitrogens with one attached hydrogen (secondary N) is 2. The number of benzene rings is 2. The van der Waals surface area contributed by atoms with Gasteiger partial charge in [-0.1, -0.05) is 56.3 Å². The first-order valence-corrected chi connectivity index (χ1v) is 9.78. The molecular formula is C23H28N2O5. The van der Waals surface area contributed by atoms with E-state index in [1.807, 2.05) is 42.5 Å². The van der Waals surface area contributed by atoms with Crippen molar-refractivity contribution >= 4 is 17.8 Å². The van der Waals surface area contributed by atoms with Crippen LogP contribution >= 0.6 is 0 Å². The third-order valence-electron chi connectivity index (χ3n) is 4.44. The van der Waals surface area contributed by atoms with Gasteiger partial charge in [0.25, 0.3) is 5.91 Å². The fourth-order valence-corrected chi connectivity index (χ4v) is 2.73. The molecule has 0 aromatic heterocycles. The number of carbonyl (C=O) groups is 3. The van der Waals surface area contributed by atoms with Gasteiger partial charge in [-0.05, 0) is 29.2 Å². The molecule has 0 fully saturated rings. The molecule has 0 aliphatic heterocycles. The van der Waals surface area contributed by atoms with Crippen molar-refractivity contribution < 1.29 is 23.9 Å². The summed E-state index contributed by atoms with van der Waals surface area (Å²) in [5.41, 5.74) is 1.74. The maximum absolute atomic E-state index is 12.4. The summed E-state index contributed by atoms with van der Waals surface area (Å²) in [4.78, 5) is 36.7. The van der Waals surface area contributed by atoms with E-state index in [1.54, 1.807) is 33.1 Å². The summed E-state index contributed by atoms with van der Waals surface area (Å²) in [6.07, 6.45) is 0.166. The molecule has 0 aliphatic carbocycles. The quantitative estimate of drug-likeness (QED) is 0.584. The van der Waals surface area contributed by atoms with Gasteiger partial charge in [-0.25, -0.2) is 4.79 Å². The van der Waals surface area contributed by atoms with Gasteiger partial charge in [0.05, 0.1) is 13.5 Å². The third kappa shape index (κ3) is 7.58. The molecule has 0 radical (unpaired) electrons. The van der Waals surface area contributed by atoms with Crippen LogP contribution in [0.3, 0.4) is 0 Å². The minimum atomic E-state index is -0.824. The molecule has 0 heterocycles. The molecular weight excluding hydrogens is 384 g/mol. The van der Waals surface area contributed by atoms with E-state index >= 15 is 0 Å². The fraction of sp³-hybridized carbons (Fsp3) is 0.348. The molecule has 160 valence electrons. The van der Waals surface area contributed by atoms with E-state index in [0.29, 0.717) is 6.54 Å². The Morgan fingerprint density at radius 3 is 2.17 bits per heavy atom. The zero-order valence-corrected chi connectivity index (χ0v) is 17.5. The molecule has 2 aromatic carbocycles. The first-order chi connectivity index (χ1) is 14.4. The smallest absolute Gasteiger partial charge is 0.329 e. The van der Waals surface area contributed by atoms with Gasteiger partial charge in [0.1, 0.15) is 11.8 Å². The van der Waals surface area contributed by atoms with Crippen LogP contribution < -0.4 is 15.4 Å². The second-order valence-electron chi connectivity index (χ2n) is 7.18. The Morgan fingerprint density at radius 2 is 1.57 bits per heavy atom. The lowest BCUT2D eigenvalue weighted by atomic mass is 10.0. The predicted molar refractivity (Wildman–Crippen MR) is 113 cm³/mol. The van der Waals surface area contributed by atoms with Gasteiger partial charge < -0.3 is 20.1 Å². The molecule has 2 rings (SSSR count). The first-order valence-electron chi connectivity index (χ1n) is 9.78. The van der Waals surface area contributed by atoms with Crippen molar-refractivity contribution in [1.82, 2.24) is 10.6 Å². The van der Waals surface area contributed by atoms with Crippen LogP contribution in [0, 0.1) is 5.92 Å². The highest BCUT2D eigenvalue weighted by molar-refractivity contribution is 5.87. The van der Waals surface area contributed by atoms with Gasteiger partial charge in [-0.15, -0.1) is 0 Å². The minimum absolute atomic E-state index is 0.166. The maximum Gasteiger partial charge on any atom is 0.329 e. The molecule has 0 saturated carbocycles. The van der Waals surface area contributed by atoms with E-state index in [2.05, 4.69) is 10.6 Å². The zero-order valence-electron chi connectivity index (χ0n) is 17.5. The summed E-state index contributed by atoms with van der Waals surface area (Å²) in [7, 11) is 1.58. The van der Waals surface area contributed by atoms with Crippen LogP contribution in [0.25, 0.3) is 0 Å². The van der Waals surface area contributed by atoms with Crippen molar-refractivity contribution in [1.29, 1.82) is 0 Å². The van der Waals surface area contributed by atoms with E-state index in [1.165, 1.54) is 0 Å². The Labute approximate surface area is 176 Å². The normalized spacial score (nSPS) is 11.5. The number of carbonyl (C=O) groups excluding carboxylic acids is 3. The molecule has 0 bridgehead atoms. The predicted octanol–water partition coefficient (Wildman–Crippen LogP) is 2.24. The Bertz CT molecular complexity index is 834. The fourth-order valence-electron chi connectivity index (χ4n) is 2.73. The molecule has 1 atom stereocenters. The van der Waals surface area contributed by atoms with Gasteiger partial charge in [-0.2, -0.15) is 0 Å². The van der Waals surface area contributed by atoms with Gasteiger partial charge >= 0.3 is 5.97 Å².